The fraction of sp³-hybridized carbons (Fsp3) is 0.412. The van der Waals surface area contributed by atoms with Crippen LogP contribution in [-0.2, 0) is 6.54 Å². The molecule has 22 heavy (non-hydrogen) atoms. The molecule has 1 heterocycles. The molecule has 2 N–H and O–H groups in total. The van der Waals surface area contributed by atoms with Gasteiger partial charge in [-0.2, -0.15) is 5.10 Å². The Bertz CT molecular complexity index is 655. The lowest BCUT2D eigenvalue weighted by Crippen LogP contribution is -2.31. The van der Waals surface area contributed by atoms with E-state index in [2.05, 4.69) is 68.6 Å². The van der Waals surface area contributed by atoms with E-state index in [0.717, 1.165) is 12.2 Å². The monoisotopic (exact) mass is 316 g/mol. The Labute approximate surface area is 137 Å². The minimum Gasteiger partial charge on any atom is -0.356 e. The molecule has 0 saturated carbocycles. The van der Waals surface area contributed by atoms with Crippen molar-refractivity contribution in [2.24, 2.45) is 0 Å². The largest absolute Gasteiger partial charge is 0.356 e. The molecule has 1 aromatic heterocycles. The summed E-state index contributed by atoms with van der Waals surface area (Å²) in [5.74, 6) is 0. The summed E-state index contributed by atoms with van der Waals surface area (Å²) in [6, 6.07) is 6.44. The molecular weight excluding hydrogens is 292 g/mol. The standard InChI is InChI=1S/C17H24N4S/c1-6-21-14(5)16(10-18-21)13(4)19-17(22)20-15-8-11(2)7-12(3)9-15/h7-10,13H,6H2,1-5H3,(H2,19,20,22). The first-order valence-electron chi connectivity index (χ1n) is 7.58. The van der Waals surface area contributed by atoms with Crippen LogP contribution in [0.1, 0.15) is 42.3 Å². The number of anilines is 1. The second-order valence-corrected chi connectivity index (χ2v) is 6.11. The molecule has 2 aromatic rings. The highest BCUT2D eigenvalue weighted by atomic mass is 32.1. The highest BCUT2D eigenvalue weighted by Gasteiger charge is 2.13. The van der Waals surface area contributed by atoms with Gasteiger partial charge in [0.25, 0.3) is 0 Å². The van der Waals surface area contributed by atoms with Crippen molar-refractivity contribution in [3.05, 3.63) is 46.8 Å². The third kappa shape index (κ3) is 3.85. The van der Waals surface area contributed by atoms with Crippen LogP contribution >= 0.6 is 12.2 Å². The summed E-state index contributed by atoms with van der Waals surface area (Å²) >= 11 is 5.43. The van der Waals surface area contributed by atoms with Crippen LogP contribution in [0.25, 0.3) is 0 Å². The molecule has 0 radical (unpaired) electrons. The summed E-state index contributed by atoms with van der Waals surface area (Å²) in [4.78, 5) is 0. The number of aromatic nitrogens is 2. The van der Waals surface area contributed by atoms with E-state index in [1.165, 1.54) is 22.4 Å². The summed E-state index contributed by atoms with van der Waals surface area (Å²) < 4.78 is 1.99. The molecule has 5 heteroatoms. The van der Waals surface area contributed by atoms with E-state index in [-0.39, 0.29) is 6.04 Å². The van der Waals surface area contributed by atoms with Gasteiger partial charge in [0.15, 0.2) is 5.11 Å². The number of nitrogens with one attached hydrogen (secondary N) is 2. The maximum atomic E-state index is 5.43. The lowest BCUT2D eigenvalue weighted by molar-refractivity contribution is 0.633. The molecule has 118 valence electrons. The van der Waals surface area contributed by atoms with Gasteiger partial charge in [-0.25, -0.2) is 0 Å². The molecule has 0 aliphatic carbocycles. The molecule has 0 fully saturated rings. The fourth-order valence-electron chi connectivity index (χ4n) is 2.69. The topological polar surface area (TPSA) is 41.9 Å². The van der Waals surface area contributed by atoms with E-state index >= 15 is 0 Å². The molecule has 0 bridgehead atoms. The van der Waals surface area contributed by atoms with Gasteiger partial charge in [0.2, 0.25) is 0 Å². The van der Waals surface area contributed by atoms with Crippen molar-refractivity contribution in [2.75, 3.05) is 5.32 Å². The molecule has 4 nitrogen and oxygen atoms in total. The van der Waals surface area contributed by atoms with E-state index in [1.807, 2.05) is 10.9 Å². The first kappa shape index (κ1) is 16.5. The summed E-state index contributed by atoms with van der Waals surface area (Å²) in [7, 11) is 0. The summed E-state index contributed by atoms with van der Waals surface area (Å²) in [5.41, 5.74) is 5.81. The minimum atomic E-state index is 0.117. The maximum Gasteiger partial charge on any atom is 0.171 e. The zero-order valence-corrected chi connectivity index (χ0v) is 14.7. The van der Waals surface area contributed by atoms with Crippen molar-refractivity contribution in [3.8, 4) is 0 Å². The van der Waals surface area contributed by atoms with Crippen LogP contribution in [0.15, 0.2) is 24.4 Å². The molecule has 1 atom stereocenters. The van der Waals surface area contributed by atoms with E-state index in [0.29, 0.717) is 5.11 Å². The van der Waals surface area contributed by atoms with Gasteiger partial charge in [0.05, 0.1) is 12.2 Å². The predicted octanol–water partition coefficient (Wildman–Crippen LogP) is 3.88. The molecule has 0 aliphatic heterocycles. The second-order valence-electron chi connectivity index (χ2n) is 5.70. The van der Waals surface area contributed by atoms with Crippen LogP contribution in [0.5, 0.6) is 0 Å². The fourth-order valence-corrected chi connectivity index (χ4v) is 2.99. The van der Waals surface area contributed by atoms with Crippen LogP contribution in [0.4, 0.5) is 5.69 Å². The number of nitrogens with zero attached hydrogens (tertiary/aromatic N) is 2. The first-order valence-corrected chi connectivity index (χ1v) is 7.99. The lowest BCUT2D eigenvalue weighted by Gasteiger charge is -2.17. The zero-order chi connectivity index (χ0) is 16.3. The zero-order valence-electron chi connectivity index (χ0n) is 13.9. The normalized spacial score (nSPS) is 12.0. The molecule has 0 spiro atoms. The van der Waals surface area contributed by atoms with Crippen molar-refractivity contribution in [1.29, 1.82) is 0 Å². The molecule has 1 aromatic carbocycles. The molecule has 0 aliphatic rings. The van der Waals surface area contributed by atoms with Crippen LogP contribution in [-0.4, -0.2) is 14.9 Å². The SMILES string of the molecule is CCn1ncc(C(C)NC(=S)Nc2cc(C)cc(C)c2)c1C. The molecular formula is C17H24N4S. The van der Waals surface area contributed by atoms with Crippen molar-refractivity contribution in [2.45, 2.75) is 47.2 Å². The van der Waals surface area contributed by atoms with Gasteiger partial charge in [0.1, 0.15) is 0 Å². The minimum absolute atomic E-state index is 0.117. The van der Waals surface area contributed by atoms with Gasteiger partial charge in [-0.3, -0.25) is 4.68 Å². The van der Waals surface area contributed by atoms with Gasteiger partial charge in [-0.1, -0.05) is 6.07 Å². The average Bonchev–Trinajstić information content (AvgIpc) is 2.78. The Morgan fingerprint density at radius 1 is 1.23 bits per heavy atom. The quantitative estimate of drug-likeness (QED) is 0.840. The lowest BCUT2D eigenvalue weighted by atomic mass is 10.1. The van der Waals surface area contributed by atoms with Gasteiger partial charge in [-0.15, -0.1) is 0 Å². The third-order valence-electron chi connectivity index (χ3n) is 3.73. The van der Waals surface area contributed by atoms with Gasteiger partial charge >= 0.3 is 0 Å². The van der Waals surface area contributed by atoms with Crippen molar-refractivity contribution in [1.82, 2.24) is 15.1 Å². The van der Waals surface area contributed by atoms with E-state index in [9.17, 15) is 0 Å². The Balaban J connectivity index is 2.03. The Morgan fingerprint density at radius 2 is 1.86 bits per heavy atom. The van der Waals surface area contributed by atoms with Crippen LogP contribution in [0.3, 0.4) is 0 Å². The summed E-state index contributed by atoms with van der Waals surface area (Å²) in [6.07, 6.45) is 1.91. The molecule has 1 unspecified atom stereocenters. The van der Waals surface area contributed by atoms with Crippen LogP contribution in [0.2, 0.25) is 0 Å². The smallest absolute Gasteiger partial charge is 0.171 e. The second kappa shape index (κ2) is 6.92. The molecule has 0 amide bonds. The number of hydrogen-bond acceptors (Lipinski definition) is 2. The van der Waals surface area contributed by atoms with Gasteiger partial charge < -0.3 is 10.6 Å². The van der Waals surface area contributed by atoms with E-state index in [1.54, 1.807) is 0 Å². The van der Waals surface area contributed by atoms with Crippen molar-refractivity contribution >= 4 is 23.0 Å². The number of aryl methyl sites for hydroxylation is 3. The number of thiocarbonyl (C=S) groups is 1. The van der Waals surface area contributed by atoms with Crippen molar-refractivity contribution in [3.63, 3.8) is 0 Å². The van der Waals surface area contributed by atoms with E-state index < -0.39 is 0 Å². The number of benzene rings is 1. The van der Waals surface area contributed by atoms with Crippen molar-refractivity contribution < 1.29 is 0 Å². The first-order chi connectivity index (χ1) is 10.4. The average molecular weight is 316 g/mol. The number of rotatable bonds is 4. The van der Waals surface area contributed by atoms with Gasteiger partial charge in [0, 0.05) is 23.5 Å². The van der Waals surface area contributed by atoms with Crippen LogP contribution in [0, 0.1) is 20.8 Å². The summed E-state index contributed by atoms with van der Waals surface area (Å²) in [6.45, 7) is 11.3. The molecule has 0 saturated heterocycles. The Hall–Kier alpha value is -1.88. The third-order valence-corrected chi connectivity index (χ3v) is 3.95. The Morgan fingerprint density at radius 3 is 2.41 bits per heavy atom. The van der Waals surface area contributed by atoms with Gasteiger partial charge in [-0.05, 0) is 70.1 Å². The predicted molar refractivity (Wildman–Crippen MR) is 96.3 cm³/mol. The highest BCUT2D eigenvalue weighted by Crippen LogP contribution is 2.18. The maximum absolute atomic E-state index is 5.43. The molecule has 2 rings (SSSR count). The van der Waals surface area contributed by atoms with E-state index in [4.69, 9.17) is 12.2 Å². The summed E-state index contributed by atoms with van der Waals surface area (Å²) in [5, 5.41) is 11.6. The highest BCUT2D eigenvalue weighted by molar-refractivity contribution is 7.80. The Kier molecular flexibility index (Phi) is 5.19. The number of hydrogen-bond donors (Lipinski definition) is 2. The van der Waals surface area contributed by atoms with Crippen LogP contribution < -0.4 is 10.6 Å².